The van der Waals surface area contributed by atoms with Gasteiger partial charge in [0.2, 0.25) is 0 Å². The highest BCUT2D eigenvalue weighted by atomic mass is 32.2. The topological polar surface area (TPSA) is 63.6 Å². The lowest BCUT2D eigenvalue weighted by Crippen LogP contribution is -2.25. The van der Waals surface area contributed by atoms with E-state index in [1.165, 1.54) is 26.0 Å². The Kier molecular flexibility index (Phi) is 4.32. The van der Waals surface area contributed by atoms with Gasteiger partial charge in [0.1, 0.15) is 0 Å². The molecule has 1 N–H and O–H groups in total. The third-order valence-electron chi connectivity index (χ3n) is 2.56. The minimum atomic E-state index is -3.80. The minimum Gasteiger partial charge on any atom is -0.386 e. The molecule has 0 heterocycles. The summed E-state index contributed by atoms with van der Waals surface area (Å²) in [5, 5.41) is 9.62. The molecular formula is C13H18O4S. The van der Waals surface area contributed by atoms with Crippen LogP contribution < -0.4 is 0 Å². The first-order valence-corrected chi connectivity index (χ1v) is 6.90. The first-order valence-electron chi connectivity index (χ1n) is 5.49. The first-order chi connectivity index (χ1) is 8.13. The van der Waals surface area contributed by atoms with Gasteiger partial charge in [0.05, 0.1) is 17.1 Å². The van der Waals surface area contributed by atoms with Crippen molar-refractivity contribution in [1.29, 1.82) is 0 Å². The molecule has 0 amide bonds. The summed E-state index contributed by atoms with van der Waals surface area (Å²) in [5.41, 5.74) is 0.107. The Morgan fingerprint density at radius 3 is 2.28 bits per heavy atom. The molecule has 0 bridgehead atoms. The molecule has 0 unspecified atom stereocenters. The molecule has 100 valence electrons. The molecule has 0 radical (unpaired) electrons. The maximum Gasteiger partial charge on any atom is 0.297 e. The average molecular weight is 270 g/mol. The third kappa shape index (κ3) is 3.94. The van der Waals surface area contributed by atoms with Crippen LogP contribution in [0.3, 0.4) is 0 Å². The molecule has 0 spiro atoms. The van der Waals surface area contributed by atoms with E-state index in [9.17, 15) is 13.5 Å². The molecule has 0 saturated carbocycles. The highest BCUT2D eigenvalue weighted by Gasteiger charge is 2.21. The Morgan fingerprint density at radius 1 is 1.33 bits per heavy atom. The van der Waals surface area contributed by atoms with Crippen molar-refractivity contribution in [3.8, 4) is 0 Å². The zero-order chi connectivity index (χ0) is 14.0. The molecule has 0 atom stereocenters. The van der Waals surface area contributed by atoms with E-state index >= 15 is 0 Å². The predicted octanol–water partition coefficient (Wildman–Crippen LogP) is 2.03. The Hall–Kier alpha value is -1.17. The van der Waals surface area contributed by atoms with E-state index < -0.39 is 15.7 Å². The summed E-state index contributed by atoms with van der Waals surface area (Å²) in [6, 6.07) is 6.36. The smallest absolute Gasteiger partial charge is 0.297 e. The van der Waals surface area contributed by atoms with Crippen LogP contribution in [0.25, 0.3) is 0 Å². The zero-order valence-corrected chi connectivity index (χ0v) is 11.6. The molecule has 0 aliphatic heterocycles. The van der Waals surface area contributed by atoms with Crippen LogP contribution in [0.1, 0.15) is 19.4 Å². The predicted molar refractivity (Wildman–Crippen MR) is 69.8 cm³/mol. The van der Waals surface area contributed by atoms with Gasteiger partial charge >= 0.3 is 0 Å². The van der Waals surface area contributed by atoms with Gasteiger partial charge in [0, 0.05) is 0 Å². The van der Waals surface area contributed by atoms with Crippen LogP contribution in [0.5, 0.6) is 0 Å². The summed E-state index contributed by atoms with van der Waals surface area (Å²) in [7, 11) is -3.80. The van der Waals surface area contributed by atoms with Crippen LogP contribution in [-0.4, -0.2) is 25.7 Å². The van der Waals surface area contributed by atoms with E-state index in [-0.39, 0.29) is 11.5 Å². The van der Waals surface area contributed by atoms with Crippen LogP contribution in [0.4, 0.5) is 0 Å². The fourth-order valence-corrected chi connectivity index (χ4v) is 2.00. The highest BCUT2D eigenvalue weighted by Crippen LogP contribution is 2.18. The SMILES string of the molecule is C=C(COS(=O)(=O)c1ccc(C)cc1)C(C)(C)O. The van der Waals surface area contributed by atoms with Crippen LogP contribution in [0.2, 0.25) is 0 Å². The summed E-state index contributed by atoms with van der Waals surface area (Å²) < 4.78 is 28.5. The zero-order valence-electron chi connectivity index (χ0n) is 10.8. The summed E-state index contributed by atoms with van der Waals surface area (Å²) in [4.78, 5) is 0.0941. The summed E-state index contributed by atoms with van der Waals surface area (Å²) in [6.45, 7) is 8.28. The third-order valence-corrected chi connectivity index (χ3v) is 3.84. The van der Waals surface area contributed by atoms with Crippen molar-refractivity contribution in [3.05, 3.63) is 42.0 Å². The lowest BCUT2D eigenvalue weighted by molar-refractivity contribution is 0.108. The van der Waals surface area contributed by atoms with Gasteiger partial charge < -0.3 is 5.11 Å². The lowest BCUT2D eigenvalue weighted by atomic mass is 10.0. The second kappa shape index (κ2) is 5.22. The maximum atomic E-state index is 11.8. The van der Waals surface area contributed by atoms with Crippen molar-refractivity contribution < 1.29 is 17.7 Å². The average Bonchev–Trinajstić information content (AvgIpc) is 2.25. The van der Waals surface area contributed by atoms with Crippen LogP contribution >= 0.6 is 0 Å². The molecular weight excluding hydrogens is 252 g/mol. The van der Waals surface area contributed by atoms with Gasteiger partial charge in [-0.25, -0.2) is 0 Å². The summed E-state index contributed by atoms with van der Waals surface area (Å²) in [6.07, 6.45) is 0. The Labute approximate surface area is 108 Å². The van der Waals surface area contributed by atoms with Gasteiger partial charge in [-0.05, 0) is 38.5 Å². The quantitative estimate of drug-likeness (QED) is 0.657. The number of rotatable bonds is 5. The van der Waals surface area contributed by atoms with Gasteiger partial charge in [-0.15, -0.1) is 0 Å². The molecule has 18 heavy (non-hydrogen) atoms. The van der Waals surface area contributed by atoms with Crippen molar-refractivity contribution in [2.24, 2.45) is 0 Å². The Morgan fingerprint density at radius 2 is 1.83 bits per heavy atom. The van der Waals surface area contributed by atoms with Crippen molar-refractivity contribution in [2.45, 2.75) is 31.3 Å². The fourth-order valence-electron chi connectivity index (χ4n) is 1.10. The van der Waals surface area contributed by atoms with Crippen molar-refractivity contribution in [2.75, 3.05) is 6.61 Å². The van der Waals surface area contributed by atoms with Crippen LogP contribution in [0, 0.1) is 6.92 Å². The molecule has 1 rings (SSSR count). The summed E-state index contributed by atoms with van der Waals surface area (Å²) in [5.74, 6) is 0. The minimum absolute atomic E-state index is 0.0941. The lowest BCUT2D eigenvalue weighted by Gasteiger charge is -2.20. The Balaban J connectivity index is 2.78. The molecule has 5 heteroatoms. The normalized spacial score (nSPS) is 12.4. The number of aryl methyl sites for hydroxylation is 1. The largest absolute Gasteiger partial charge is 0.386 e. The molecule has 0 aliphatic carbocycles. The maximum absolute atomic E-state index is 11.8. The first kappa shape index (κ1) is 14.9. The van der Waals surface area contributed by atoms with Crippen LogP contribution in [0.15, 0.2) is 41.3 Å². The van der Waals surface area contributed by atoms with E-state index in [2.05, 4.69) is 6.58 Å². The second-order valence-corrected chi connectivity index (χ2v) is 6.31. The molecule has 0 aliphatic rings. The van der Waals surface area contributed by atoms with Crippen LogP contribution in [-0.2, 0) is 14.3 Å². The van der Waals surface area contributed by atoms with Gasteiger partial charge in [-0.3, -0.25) is 4.18 Å². The van der Waals surface area contributed by atoms with E-state index in [0.29, 0.717) is 5.57 Å². The second-order valence-electron chi connectivity index (χ2n) is 4.69. The molecule has 4 nitrogen and oxygen atoms in total. The molecule has 0 aromatic heterocycles. The van der Waals surface area contributed by atoms with E-state index in [1.807, 2.05) is 6.92 Å². The molecule has 0 fully saturated rings. The summed E-state index contributed by atoms with van der Waals surface area (Å²) >= 11 is 0. The van der Waals surface area contributed by atoms with Gasteiger partial charge in [0.15, 0.2) is 0 Å². The monoisotopic (exact) mass is 270 g/mol. The fraction of sp³-hybridized carbons (Fsp3) is 0.385. The van der Waals surface area contributed by atoms with Crippen molar-refractivity contribution >= 4 is 10.1 Å². The van der Waals surface area contributed by atoms with Gasteiger partial charge in [-0.2, -0.15) is 8.42 Å². The number of aliphatic hydroxyl groups is 1. The van der Waals surface area contributed by atoms with E-state index in [1.54, 1.807) is 12.1 Å². The van der Waals surface area contributed by atoms with Crippen molar-refractivity contribution in [3.63, 3.8) is 0 Å². The van der Waals surface area contributed by atoms with Gasteiger partial charge in [0.25, 0.3) is 10.1 Å². The number of hydrogen-bond donors (Lipinski definition) is 1. The van der Waals surface area contributed by atoms with Gasteiger partial charge in [-0.1, -0.05) is 24.3 Å². The number of hydrogen-bond acceptors (Lipinski definition) is 4. The Bertz CT molecular complexity index is 521. The van der Waals surface area contributed by atoms with Crippen molar-refractivity contribution in [1.82, 2.24) is 0 Å². The van der Waals surface area contributed by atoms with E-state index in [4.69, 9.17) is 4.18 Å². The number of benzene rings is 1. The molecule has 0 saturated heterocycles. The highest BCUT2D eigenvalue weighted by molar-refractivity contribution is 7.86. The molecule has 1 aromatic carbocycles. The standard InChI is InChI=1S/C13H18O4S/c1-10-5-7-12(8-6-10)18(15,16)17-9-11(2)13(3,4)14/h5-8,14H,2,9H2,1,3-4H3. The van der Waals surface area contributed by atoms with E-state index in [0.717, 1.165) is 5.56 Å². The molecule has 1 aromatic rings.